The molecule has 3 aromatic carbocycles. The van der Waals surface area contributed by atoms with Crippen LogP contribution in [0.15, 0.2) is 89.5 Å². The van der Waals surface area contributed by atoms with Crippen LogP contribution in [-0.4, -0.2) is 28.7 Å². The number of aryl methyl sites for hydroxylation is 1. The summed E-state index contributed by atoms with van der Waals surface area (Å²) in [5.74, 6) is 0.946. The Morgan fingerprint density at radius 1 is 1.03 bits per heavy atom. The smallest absolute Gasteiger partial charge is 0.255 e. The fourth-order valence-corrected chi connectivity index (χ4v) is 3.80. The van der Waals surface area contributed by atoms with Gasteiger partial charge in [0.05, 0.1) is 12.2 Å². The zero-order valence-corrected chi connectivity index (χ0v) is 20.3. The molecule has 1 N–H and O–H groups in total. The average molecular weight is 488 g/mol. The van der Waals surface area contributed by atoms with Crippen molar-refractivity contribution in [3.8, 4) is 11.3 Å². The van der Waals surface area contributed by atoms with E-state index in [0.29, 0.717) is 34.3 Å². The molecule has 0 fully saturated rings. The Labute approximate surface area is 209 Å². The average Bonchev–Trinajstić information content (AvgIpc) is 3.36. The molecule has 0 aliphatic carbocycles. The van der Waals surface area contributed by atoms with Gasteiger partial charge >= 0.3 is 0 Å². The van der Waals surface area contributed by atoms with Crippen molar-refractivity contribution in [1.29, 1.82) is 0 Å². The molecule has 0 saturated carbocycles. The van der Waals surface area contributed by atoms with E-state index >= 15 is 0 Å². The molecule has 0 radical (unpaired) electrons. The summed E-state index contributed by atoms with van der Waals surface area (Å²) >= 11 is 5.94. The lowest BCUT2D eigenvalue weighted by Crippen LogP contribution is -2.29. The fourth-order valence-electron chi connectivity index (χ4n) is 3.67. The number of amides is 2. The first-order chi connectivity index (χ1) is 16.9. The number of hydrogen-bond donors (Lipinski definition) is 1. The van der Waals surface area contributed by atoms with E-state index in [9.17, 15) is 9.59 Å². The molecule has 0 spiro atoms. The standard InChI is InChI=1S/C28H26ClN3O3/c1-19(22-9-6-10-24(17-22)31-28(34)21-7-4-3-5-8-21)32(2)27(33)16-15-26-30-18-25(35-26)20-11-13-23(29)14-12-20/h3-14,17-19H,15-16H2,1-2H3,(H,31,34). The summed E-state index contributed by atoms with van der Waals surface area (Å²) in [5, 5.41) is 3.57. The van der Waals surface area contributed by atoms with E-state index in [-0.39, 0.29) is 24.3 Å². The number of halogens is 1. The third-order valence-corrected chi connectivity index (χ3v) is 6.12. The topological polar surface area (TPSA) is 75.4 Å². The minimum absolute atomic E-state index is 0.0255. The lowest BCUT2D eigenvalue weighted by molar-refractivity contribution is -0.131. The molecule has 4 rings (SSSR count). The summed E-state index contributed by atoms with van der Waals surface area (Å²) in [6, 6.07) is 23.7. The number of anilines is 1. The SMILES string of the molecule is CC(c1cccc(NC(=O)c2ccccc2)c1)N(C)C(=O)CCc1ncc(-c2ccc(Cl)cc2)o1. The van der Waals surface area contributed by atoms with Crippen LogP contribution in [0.25, 0.3) is 11.3 Å². The Hall–Kier alpha value is -3.90. The van der Waals surface area contributed by atoms with Gasteiger partial charge in [-0.05, 0) is 61.0 Å². The molecule has 1 heterocycles. The molecule has 1 unspecified atom stereocenters. The van der Waals surface area contributed by atoms with Crippen LogP contribution in [0.3, 0.4) is 0 Å². The van der Waals surface area contributed by atoms with Crippen LogP contribution in [0.2, 0.25) is 5.02 Å². The predicted molar refractivity (Wildman–Crippen MR) is 137 cm³/mol. The van der Waals surface area contributed by atoms with E-state index in [4.69, 9.17) is 16.0 Å². The molecule has 7 heteroatoms. The largest absolute Gasteiger partial charge is 0.441 e. The van der Waals surface area contributed by atoms with E-state index in [1.807, 2.05) is 61.5 Å². The lowest BCUT2D eigenvalue weighted by atomic mass is 10.1. The molecule has 0 aliphatic heterocycles. The van der Waals surface area contributed by atoms with Crippen molar-refractivity contribution in [3.63, 3.8) is 0 Å². The maximum atomic E-state index is 12.9. The van der Waals surface area contributed by atoms with E-state index in [1.54, 1.807) is 42.4 Å². The van der Waals surface area contributed by atoms with Gasteiger partial charge in [-0.25, -0.2) is 4.98 Å². The number of nitrogens with zero attached hydrogens (tertiary/aromatic N) is 2. The maximum absolute atomic E-state index is 12.9. The normalized spacial score (nSPS) is 11.6. The van der Waals surface area contributed by atoms with Crippen molar-refractivity contribution in [3.05, 3.63) is 107 Å². The number of carbonyl (C=O) groups is 2. The Balaban J connectivity index is 1.35. The van der Waals surface area contributed by atoms with Crippen LogP contribution in [-0.2, 0) is 11.2 Å². The Morgan fingerprint density at radius 3 is 2.51 bits per heavy atom. The van der Waals surface area contributed by atoms with Crippen molar-refractivity contribution >= 4 is 29.1 Å². The minimum Gasteiger partial charge on any atom is -0.441 e. The van der Waals surface area contributed by atoms with Gasteiger partial charge in [0.1, 0.15) is 0 Å². The van der Waals surface area contributed by atoms with Gasteiger partial charge in [0, 0.05) is 41.7 Å². The van der Waals surface area contributed by atoms with Gasteiger partial charge in [0.2, 0.25) is 5.91 Å². The van der Waals surface area contributed by atoms with Crippen molar-refractivity contribution in [1.82, 2.24) is 9.88 Å². The highest BCUT2D eigenvalue weighted by atomic mass is 35.5. The van der Waals surface area contributed by atoms with Crippen LogP contribution >= 0.6 is 11.6 Å². The number of rotatable bonds is 8. The molecule has 0 saturated heterocycles. The Kier molecular flexibility index (Phi) is 7.63. The second kappa shape index (κ2) is 11.0. The van der Waals surface area contributed by atoms with Crippen molar-refractivity contribution in [2.75, 3.05) is 12.4 Å². The van der Waals surface area contributed by atoms with Crippen LogP contribution in [0.5, 0.6) is 0 Å². The first-order valence-electron chi connectivity index (χ1n) is 11.3. The summed E-state index contributed by atoms with van der Waals surface area (Å²) in [6.07, 6.45) is 2.33. The number of oxazole rings is 1. The van der Waals surface area contributed by atoms with Gasteiger partial charge in [-0.2, -0.15) is 0 Å². The Morgan fingerprint density at radius 2 is 1.77 bits per heavy atom. The summed E-state index contributed by atoms with van der Waals surface area (Å²) in [5.41, 5.74) is 3.07. The first kappa shape index (κ1) is 24.2. The molecule has 4 aromatic rings. The summed E-state index contributed by atoms with van der Waals surface area (Å²) in [7, 11) is 1.77. The van der Waals surface area contributed by atoms with Gasteiger partial charge in [0.25, 0.3) is 5.91 Å². The van der Waals surface area contributed by atoms with E-state index in [0.717, 1.165) is 11.1 Å². The zero-order chi connectivity index (χ0) is 24.8. The molecule has 0 bridgehead atoms. The summed E-state index contributed by atoms with van der Waals surface area (Å²) in [4.78, 5) is 31.3. The molecule has 35 heavy (non-hydrogen) atoms. The van der Waals surface area contributed by atoms with Crippen LogP contribution in [0.4, 0.5) is 5.69 Å². The van der Waals surface area contributed by atoms with Gasteiger partial charge in [-0.15, -0.1) is 0 Å². The molecule has 1 atom stereocenters. The fraction of sp³-hybridized carbons (Fsp3) is 0.179. The number of aromatic nitrogens is 1. The molecule has 0 aliphatic rings. The number of benzene rings is 3. The summed E-state index contributed by atoms with van der Waals surface area (Å²) < 4.78 is 5.81. The predicted octanol–water partition coefficient (Wildman–Crippen LogP) is 6.40. The Bertz CT molecular complexity index is 1300. The van der Waals surface area contributed by atoms with Gasteiger partial charge < -0.3 is 14.6 Å². The van der Waals surface area contributed by atoms with Crippen LogP contribution < -0.4 is 5.32 Å². The molecule has 1 aromatic heterocycles. The molecule has 178 valence electrons. The minimum atomic E-state index is -0.177. The van der Waals surface area contributed by atoms with Gasteiger partial charge in [-0.3, -0.25) is 9.59 Å². The van der Waals surface area contributed by atoms with Gasteiger partial charge in [-0.1, -0.05) is 41.9 Å². The highest BCUT2D eigenvalue weighted by Crippen LogP contribution is 2.25. The van der Waals surface area contributed by atoms with Crippen molar-refractivity contribution in [2.45, 2.75) is 25.8 Å². The van der Waals surface area contributed by atoms with Crippen LogP contribution in [0.1, 0.15) is 41.2 Å². The van der Waals surface area contributed by atoms with Crippen LogP contribution in [0, 0.1) is 0 Å². The van der Waals surface area contributed by atoms with E-state index in [1.165, 1.54) is 0 Å². The third kappa shape index (κ3) is 6.16. The van der Waals surface area contributed by atoms with Gasteiger partial charge in [0.15, 0.2) is 11.7 Å². The maximum Gasteiger partial charge on any atom is 0.255 e. The zero-order valence-electron chi connectivity index (χ0n) is 19.6. The van der Waals surface area contributed by atoms with Crippen molar-refractivity contribution in [2.24, 2.45) is 0 Å². The lowest BCUT2D eigenvalue weighted by Gasteiger charge is -2.25. The second-order valence-corrected chi connectivity index (χ2v) is 8.69. The number of nitrogens with one attached hydrogen (secondary N) is 1. The highest BCUT2D eigenvalue weighted by molar-refractivity contribution is 6.30. The molecular weight excluding hydrogens is 462 g/mol. The monoisotopic (exact) mass is 487 g/mol. The number of carbonyl (C=O) groups excluding carboxylic acids is 2. The van der Waals surface area contributed by atoms with E-state index < -0.39 is 0 Å². The number of hydrogen-bond acceptors (Lipinski definition) is 4. The summed E-state index contributed by atoms with van der Waals surface area (Å²) in [6.45, 7) is 1.96. The molecular formula is C28H26ClN3O3. The third-order valence-electron chi connectivity index (χ3n) is 5.87. The van der Waals surface area contributed by atoms with Crippen molar-refractivity contribution < 1.29 is 14.0 Å². The molecule has 6 nitrogen and oxygen atoms in total. The highest BCUT2D eigenvalue weighted by Gasteiger charge is 2.19. The van der Waals surface area contributed by atoms with E-state index in [2.05, 4.69) is 10.3 Å². The second-order valence-electron chi connectivity index (χ2n) is 8.25. The molecule has 2 amide bonds. The quantitative estimate of drug-likeness (QED) is 0.312. The first-order valence-corrected chi connectivity index (χ1v) is 11.7.